The van der Waals surface area contributed by atoms with Crippen LogP contribution in [0.25, 0.3) is 110 Å². The van der Waals surface area contributed by atoms with Gasteiger partial charge in [0.25, 0.3) is 6.71 Å². The second-order valence-electron chi connectivity index (χ2n) is 39.5. The van der Waals surface area contributed by atoms with Crippen LogP contribution in [0.2, 0.25) is 0 Å². The monoisotopic (exact) mass is 1460 g/mol. The van der Waals surface area contributed by atoms with E-state index in [1.807, 2.05) is 0 Å². The molecule has 2 aliphatic heterocycles. The molecule has 0 saturated carbocycles. The Morgan fingerprint density at radius 2 is 0.643 bits per heavy atom. The van der Waals surface area contributed by atoms with Gasteiger partial charge in [-0.25, -0.2) is 0 Å². The molecule has 5 heterocycles. The molecule has 0 bridgehead atoms. The average Bonchev–Trinajstić information content (AvgIpc) is 0.706. The fraction of sp³-hybridized carbons (Fsp3) is 0.264. The van der Waals surface area contributed by atoms with E-state index in [1.54, 1.807) is 0 Å². The average molecular weight is 1460 g/mol. The third-order valence-electron chi connectivity index (χ3n) is 24.6. The van der Waals surface area contributed by atoms with Crippen LogP contribution in [0.1, 0.15) is 184 Å². The molecule has 558 valence electrons. The van der Waals surface area contributed by atoms with E-state index in [-0.39, 0.29) is 44.6 Å². The van der Waals surface area contributed by atoms with E-state index < -0.39 is 0 Å². The zero-order chi connectivity index (χ0) is 78.6. The van der Waals surface area contributed by atoms with Crippen LogP contribution < -0.4 is 26.2 Å². The molecule has 0 saturated heterocycles. The van der Waals surface area contributed by atoms with Gasteiger partial charge >= 0.3 is 0 Å². The van der Waals surface area contributed by atoms with Crippen molar-refractivity contribution in [2.75, 3.05) is 9.80 Å². The summed E-state index contributed by atoms with van der Waals surface area (Å²) in [4.78, 5) is 5.34. The predicted octanol–water partition coefficient (Wildman–Crippen LogP) is 27.9. The number of furan rings is 1. The minimum absolute atomic E-state index is 0.0427. The number of nitrogens with zero attached hydrogens (tertiary/aromatic N) is 4. The number of fused-ring (bicyclic) bond motifs is 13. The van der Waals surface area contributed by atoms with Crippen LogP contribution in [0.3, 0.4) is 0 Å². The number of aromatic nitrogens is 2. The number of hydrogen-bond acceptors (Lipinski definition) is 3. The molecule has 0 radical (unpaired) electrons. The Bertz CT molecular complexity index is 6340. The molecular formula is C106H105BN4O. The normalized spacial score (nSPS) is 13.7. The van der Waals surface area contributed by atoms with Crippen molar-refractivity contribution in [3.8, 4) is 44.8 Å². The van der Waals surface area contributed by atoms with Crippen LogP contribution in [0, 0.1) is 0 Å². The summed E-state index contributed by atoms with van der Waals surface area (Å²) in [6.45, 7) is 48.9. The van der Waals surface area contributed by atoms with Crippen LogP contribution in [-0.2, 0) is 37.9 Å². The van der Waals surface area contributed by atoms with Crippen LogP contribution in [0.5, 0.6) is 0 Å². The molecule has 18 rings (SSSR count). The summed E-state index contributed by atoms with van der Waals surface area (Å²) in [5.74, 6) is 0. The summed E-state index contributed by atoms with van der Waals surface area (Å²) < 4.78 is 12.9. The molecule has 5 nitrogen and oxygen atoms in total. The summed E-state index contributed by atoms with van der Waals surface area (Å²) in [5, 5.41) is 7.15. The van der Waals surface area contributed by atoms with Crippen molar-refractivity contribution in [2.24, 2.45) is 0 Å². The van der Waals surface area contributed by atoms with E-state index in [0.29, 0.717) is 0 Å². The molecule has 0 spiro atoms. The topological polar surface area (TPSA) is 29.5 Å². The Hall–Kier alpha value is -11.1. The first-order valence-electron chi connectivity index (χ1n) is 40.6. The molecule has 0 atom stereocenters. The Morgan fingerprint density at radius 1 is 0.241 bits per heavy atom. The Morgan fingerprint density at radius 3 is 1.12 bits per heavy atom. The first kappa shape index (κ1) is 72.5. The first-order chi connectivity index (χ1) is 53.0. The molecule has 13 aromatic carbocycles. The molecule has 3 aromatic heterocycles. The van der Waals surface area contributed by atoms with Gasteiger partial charge in [0.15, 0.2) is 11.2 Å². The highest BCUT2D eigenvalue weighted by Crippen LogP contribution is 2.55. The van der Waals surface area contributed by atoms with Gasteiger partial charge in [0.1, 0.15) is 0 Å². The van der Waals surface area contributed by atoms with Crippen LogP contribution >= 0.6 is 0 Å². The molecule has 0 amide bonds. The van der Waals surface area contributed by atoms with E-state index in [0.717, 1.165) is 89.6 Å². The van der Waals surface area contributed by atoms with Gasteiger partial charge in [0, 0.05) is 71.9 Å². The zero-order valence-electron chi connectivity index (χ0n) is 69.5. The van der Waals surface area contributed by atoms with Crippen molar-refractivity contribution in [3.63, 3.8) is 0 Å². The van der Waals surface area contributed by atoms with Gasteiger partial charge in [-0.3, -0.25) is 0 Å². The number of para-hydroxylation sites is 2. The minimum atomic E-state index is -0.325. The minimum Gasteiger partial charge on any atom is -0.452 e. The third-order valence-corrected chi connectivity index (χ3v) is 24.6. The quantitative estimate of drug-likeness (QED) is 0.149. The number of hydrogen-bond donors (Lipinski definition) is 0. The number of anilines is 6. The molecule has 0 fully saturated rings. The molecule has 0 aliphatic carbocycles. The lowest BCUT2D eigenvalue weighted by Crippen LogP contribution is -2.61. The summed E-state index contributed by atoms with van der Waals surface area (Å²) >= 11 is 0. The Balaban J connectivity index is 0.973. The lowest BCUT2D eigenvalue weighted by Gasteiger charge is -2.46. The fourth-order valence-electron chi connectivity index (χ4n) is 18.0. The standard InChI is InChI=1S/C106H105BN4O/c1-100(2,3)68-36-28-35-66(53-68)67-41-48-90-85(54-67)107-84-47-46-75(108-86-49-42-69(101(4,5)6)55-80(86)81-56-70(102(7,8)9)43-50-87(81)108)63-93(84)111(97-78(64-31-24-22-25-32-64)59-73(105(16,17)18)60-79(97)65-33-26-23-27-34-65)95-62-74(106(19,20)21)61-94(96(95)107)110(90)92-40-30-38-77-76-37-29-39-91(98(76)112-99(77)92)109-88-51-44-71(103(10,11)12)57-82(88)83-58-72(104(13,14)15)45-52-89(83)109/h22-63H,1-21H3. The summed E-state index contributed by atoms with van der Waals surface area (Å²) in [7, 11) is 0. The molecule has 6 heteroatoms. The largest absolute Gasteiger partial charge is 0.452 e. The van der Waals surface area contributed by atoms with Crippen molar-refractivity contribution in [1.82, 2.24) is 9.13 Å². The predicted molar refractivity (Wildman–Crippen MR) is 484 cm³/mol. The number of benzene rings is 13. The first-order valence-corrected chi connectivity index (χ1v) is 40.6. The van der Waals surface area contributed by atoms with Crippen LogP contribution in [-0.4, -0.2) is 15.8 Å². The second kappa shape index (κ2) is 25.2. The van der Waals surface area contributed by atoms with E-state index >= 15 is 0 Å². The Labute approximate surface area is 663 Å². The van der Waals surface area contributed by atoms with E-state index in [1.165, 1.54) is 110 Å². The van der Waals surface area contributed by atoms with E-state index in [4.69, 9.17) is 4.42 Å². The highest BCUT2D eigenvalue weighted by atomic mass is 16.3. The van der Waals surface area contributed by atoms with E-state index in [2.05, 4.69) is 419 Å². The molecule has 16 aromatic rings. The van der Waals surface area contributed by atoms with Crippen molar-refractivity contribution in [3.05, 3.63) is 294 Å². The molecule has 0 N–H and O–H groups in total. The third kappa shape index (κ3) is 11.9. The van der Waals surface area contributed by atoms with Crippen LogP contribution in [0.15, 0.2) is 259 Å². The van der Waals surface area contributed by atoms with Gasteiger partial charge in [-0.05, 0) is 219 Å². The summed E-state index contributed by atoms with van der Waals surface area (Å²) in [6, 6.07) is 99.2. The van der Waals surface area contributed by atoms with E-state index in [9.17, 15) is 0 Å². The van der Waals surface area contributed by atoms with Gasteiger partial charge in [0.2, 0.25) is 0 Å². The number of rotatable bonds is 7. The van der Waals surface area contributed by atoms with Crippen molar-refractivity contribution >= 4 is 123 Å². The van der Waals surface area contributed by atoms with Gasteiger partial charge in [-0.15, -0.1) is 0 Å². The van der Waals surface area contributed by atoms with Gasteiger partial charge in [0.05, 0.1) is 39.1 Å². The molecule has 2 aliphatic rings. The highest BCUT2D eigenvalue weighted by Gasteiger charge is 2.46. The summed E-state index contributed by atoms with van der Waals surface area (Å²) in [6.07, 6.45) is 0. The summed E-state index contributed by atoms with van der Waals surface area (Å²) in [5.41, 5.74) is 34.1. The van der Waals surface area contributed by atoms with Crippen molar-refractivity contribution < 1.29 is 4.42 Å². The van der Waals surface area contributed by atoms with Crippen molar-refractivity contribution in [2.45, 2.75) is 183 Å². The van der Waals surface area contributed by atoms with Crippen LogP contribution in [0.4, 0.5) is 34.1 Å². The Kier molecular flexibility index (Phi) is 16.3. The fourth-order valence-corrected chi connectivity index (χ4v) is 18.0. The maximum absolute atomic E-state index is 7.90. The smallest absolute Gasteiger partial charge is 0.252 e. The van der Waals surface area contributed by atoms with Crippen molar-refractivity contribution in [1.29, 1.82) is 0 Å². The molecular weight excluding hydrogens is 1360 g/mol. The SMILES string of the molecule is CC(C)(C)c1cccc(-c2ccc3c(c2)B2c4ccc(-n5c6ccc(C(C)(C)C)cc6c6cc(C(C)(C)C)ccc65)cc4N(c4c(-c5ccccc5)cc(C(C)(C)C)cc4-c4ccccc4)c4cc(C(C)(C)C)cc(c42)N3c2cccc3c2oc2c(-n4c5ccc(C(C)(C)C)cc5c5cc(C(C)(C)C)ccc54)cccc23)c1. The maximum atomic E-state index is 7.90. The zero-order valence-corrected chi connectivity index (χ0v) is 69.5. The van der Waals surface area contributed by atoms with Gasteiger partial charge in [-0.1, -0.05) is 297 Å². The van der Waals surface area contributed by atoms with Gasteiger partial charge in [-0.2, -0.15) is 0 Å². The highest BCUT2D eigenvalue weighted by molar-refractivity contribution is 7.00. The maximum Gasteiger partial charge on any atom is 0.252 e. The molecule has 112 heavy (non-hydrogen) atoms. The molecule has 0 unspecified atom stereocenters. The van der Waals surface area contributed by atoms with Gasteiger partial charge < -0.3 is 23.4 Å². The second-order valence-corrected chi connectivity index (χ2v) is 39.5. The lowest BCUT2D eigenvalue weighted by molar-refractivity contribution is 0.590. The lowest BCUT2D eigenvalue weighted by atomic mass is 9.33.